The van der Waals surface area contributed by atoms with Crippen molar-refractivity contribution in [3.63, 3.8) is 0 Å². The number of aliphatic hydroxyl groups is 1. The highest BCUT2D eigenvalue weighted by molar-refractivity contribution is 6.00. The monoisotopic (exact) mass is 649 g/mol. The maximum atomic E-state index is 14.2. The first kappa shape index (κ1) is 36.8. The molecule has 46 heavy (non-hydrogen) atoms. The van der Waals surface area contributed by atoms with Crippen LogP contribution >= 0.6 is 0 Å². The number of aliphatic hydroxyl groups excluding tert-OH is 1. The minimum absolute atomic E-state index is 0.0427. The summed E-state index contributed by atoms with van der Waals surface area (Å²) in [5, 5.41) is 13.0. The summed E-state index contributed by atoms with van der Waals surface area (Å²) in [5.41, 5.74) is 1.47. The quantitative estimate of drug-likeness (QED) is 0.374. The van der Waals surface area contributed by atoms with Crippen molar-refractivity contribution in [1.29, 1.82) is 0 Å². The first-order chi connectivity index (χ1) is 21.8. The number of amides is 3. The van der Waals surface area contributed by atoms with Crippen LogP contribution in [0.15, 0.2) is 48.5 Å². The molecule has 0 aliphatic carbocycles. The van der Waals surface area contributed by atoms with Crippen LogP contribution in [0, 0.1) is 5.92 Å². The third kappa shape index (κ3) is 11.6. The van der Waals surface area contributed by atoms with Crippen molar-refractivity contribution in [1.82, 2.24) is 9.80 Å². The standard InChI is InChI=1S/C34H46F3N3O6/c1-23-20-40(24(2)22-41)33(44)28-19-27(38-31(42)18-26-11-6-5-7-12-26)13-14-29(28)46-25(3)10-8-9-17-45-30(23)21-39(4)32(43)15-16-34(35,36)37/h5-7,11-14,19,23-25,30,41H,8-10,15-18,20-22H2,1-4H3,(H,38,42)/t23-,24+,25-,30-/m1/s1. The number of ether oxygens (including phenoxy) is 2. The second-order valence-corrected chi connectivity index (χ2v) is 12.1. The average molecular weight is 650 g/mol. The van der Waals surface area contributed by atoms with Crippen molar-refractivity contribution in [3.05, 3.63) is 59.7 Å². The Bertz CT molecular complexity index is 1290. The van der Waals surface area contributed by atoms with Crippen molar-refractivity contribution >= 4 is 23.4 Å². The molecule has 0 radical (unpaired) electrons. The Morgan fingerprint density at radius 2 is 1.85 bits per heavy atom. The van der Waals surface area contributed by atoms with Gasteiger partial charge < -0.3 is 29.7 Å². The van der Waals surface area contributed by atoms with Gasteiger partial charge in [0.1, 0.15) is 5.75 Å². The predicted octanol–water partition coefficient (Wildman–Crippen LogP) is 5.46. The van der Waals surface area contributed by atoms with Gasteiger partial charge in [0.15, 0.2) is 0 Å². The van der Waals surface area contributed by atoms with Gasteiger partial charge in [-0.15, -0.1) is 0 Å². The van der Waals surface area contributed by atoms with Crippen molar-refractivity contribution in [2.24, 2.45) is 5.92 Å². The number of nitrogens with zero attached hydrogens (tertiary/aromatic N) is 2. The molecule has 2 aromatic carbocycles. The number of alkyl halides is 3. The highest BCUT2D eigenvalue weighted by Gasteiger charge is 2.32. The molecular formula is C34H46F3N3O6. The molecule has 3 amide bonds. The summed E-state index contributed by atoms with van der Waals surface area (Å²) >= 11 is 0. The third-order valence-corrected chi connectivity index (χ3v) is 8.04. The molecule has 2 aromatic rings. The molecule has 0 saturated heterocycles. The summed E-state index contributed by atoms with van der Waals surface area (Å²) in [7, 11) is 1.45. The number of rotatable bonds is 9. The molecule has 1 aliphatic heterocycles. The van der Waals surface area contributed by atoms with E-state index >= 15 is 0 Å². The molecule has 0 unspecified atom stereocenters. The number of carbonyl (C=O) groups is 3. The largest absolute Gasteiger partial charge is 0.490 e. The van der Waals surface area contributed by atoms with Crippen LogP contribution in [0.2, 0.25) is 0 Å². The van der Waals surface area contributed by atoms with Gasteiger partial charge in [0, 0.05) is 44.8 Å². The molecule has 0 aromatic heterocycles. The number of hydrogen-bond acceptors (Lipinski definition) is 6. The number of carbonyl (C=O) groups excluding carboxylic acids is 3. The molecule has 9 nitrogen and oxygen atoms in total. The zero-order valence-corrected chi connectivity index (χ0v) is 27.0. The van der Waals surface area contributed by atoms with E-state index in [4.69, 9.17) is 9.47 Å². The smallest absolute Gasteiger partial charge is 0.389 e. The van der Waals surface area contributed by atoms with Gasteiger partial charge in [-0.05, 0) is 56.9 Å². The van der Waals surface area contributed by atoms with Gasteiger partial charge in [0.25, 0.3) is 5.91 Å². The first-order valence-electron chi connectivity index (χ1n) is 15.8. The van der Waals surface area contributed by atoms with Gasteiger partial charge in [-0.25, -0.2) is 0 Å². The van der Waals surface area contributed by atoms with E-state index in [0.29, 0.717) is 30.9 Å². The molecule has 254 valence electrons. The van der Waals surface area contributed by atoms with Crippen LogP contribution in [-0.2, 0) is 20.7 Å². The summed E-state index contributed by atoms with van der Waals surface area (Å²) in [5.74, 6) is -1.35. The van der Waals surface area contributed by atoms with E-state index in [0.717, 1.165) is 12.0 Å². The Balaban J connectivity index is 1.89. The van der Waals surface area contributed by atoms with Crippen LogP contribution in [0.1, 0.15) is 68.8 Å². The molecule has 2 N–H and O–H groups in total. The van der Waals surface area contributed by atoms with E-state index in [1.807, 2.05) is 44.2 Å². The lowest BCUT2D eigenvalue weighted by Gasteiger charge is -2.36. The Kier molecular flexibility index (Phi) is 13.9. The normalized spacial score (nSPS) is 20.6. The summed E-state index contributed by atoms with van der Waals surface area (Å²) < 4.78 is 50.6. The fraction of sp³-hybridized carbons (Fsp3) is 0.559. The number of fused-ring (bicyclic) bond motifs is 1. The SMILES string of the molecule is C[C@@H]1CCCCO[C@H](CN(C)C(=O)CCC(F)(F)F)[C@H](C)CN([C@@H](C)CO)C(=O)c2cc(NC(=O)Cc3ccccc3)ccc2O1. The summed E-state index contributed by atoms with van der Waals surface area (Å²) in [4.78, 5) is 42.3. The topological polar surface area (TPSA) is 108 Å². The maximum absolute atomic E-state index is 14.2. The second-order valence-electron chi connectivity index (χ2n) is 12.1. The van der Waals surface area contributed by atoms with Gasteiger partial charge in [0.2, 0.25) is 11.8 Å². The van der Waals surface area contributed by atoms with E-state index in [1.54, 1.807) is 25.1 Å². The van der Waals surface area contributed by atoms with Crippen LogP contribution in [0.4, 0.5) is 18.9 Å². The molecule has 0 bridgehead atoms. The fourth-order valence-corrected chi connectivity index (χ4v) is 5.26. The lowest BCUT2D eigenvalue weighted by atomic mass is 10.0. The van der Waals surface area contributed by atoms with Gasteiger partial charge in [-0.1, -0.05) is 37.3 Å². The van der Waals surface area contributed by atoms with Crippen molar-refractivity contribution < 1.29 is 42.1 Å². The Morgan fingerprint density at radius 3 is 2.52 bits per heavy atom. The van der Waals surface area contributed by atoms with Crippen molar-refractivity contribution in [3.8, 4) is 5.75 Å². The molecule has 0 saturated carbocycles. The van der Waals surface area contributed by atoms with Crippen LogP contribution in [-0.4, -0.2) is 90.4 Å². The van der Waals surface area contributed by atoms with Crippen molar-refractivity contribution in [2.45, 2.75) is 83.7 Å². The number of halogens is 3. The highest BCUT2D eigenvalue weighted by atomic mass is 19.4. The van der Waals surface area contributed by atoms with Crippen LogP contribution in [0.3, 0.4) is 0 Å². The van der Waals surface area contributed by atoms with Crippen LogP contribution in [0.5, 0.6) is 5.75 Å². The minimum Gasteiger partial charge on any atom is -0.490 e. The molecule has 1 heterocycles. The minimum atomic E-state index is -4.44. The summed E-state index contributed by atoms with van der Waals surface area (Å²) in [6.45, 7) is 5.63. The molecular weight excluding hydrogens is 603 g/mol. The lowest BCUT2D eigenvalue weighted by Crippen LogP contribution is -2.48. The molecule has 0 fully saturated rings. The molecule has 4 atom stereocenters. The fourth-order valence-electron chi connectivity index (χ4n) is 5.26. The number of likely N-dealkylation sites (N-methyl/N-ethyl adjacent to an activating group) is 1. The van der Waals surface area contributed by atoms with E-state index in [2.05, 4.69) is 5.32 Å². The zero-order chi connectivity index (χ0) is 33.9. The molecule has 0 spiro atoms. The molecule has 1 aliphatic rings. The summed E-state index contributed by atoms with van der Waals surface area (Å²) in [6.07, 6.45) is -4.87. The highest BCUT2D eigenvalue weighted by Crippen LogP contribution is 2.29. The Hall–Kier alpha value is -3.64. The number of benzene rings is 2. The van der Waals surface area contributed by atoms with Crippen LogP contribution < -0.4 is 10.1 Å². The number of anilines is 1. The van der Waals surface area contributed by atoms with Gasteiger partial charge in [0.05, 0.1) is 43.3 Å². The lowest BCUT2D eigenvalue weighted by molar-refractivity contribution is -0.149. The average Bonchev–Trinajstić information content (AvgIpc) is 3.01. The number of hydrogen-bond donors (Lipinski definition) is 2. The second kappa shape index (κ2) is 17.3. The molecule has 12 heteroatoms. The Labute approximate surface area is 269 Å². The molecule has 3 rings (SSSR count). The van der Waals surface area contributed by atoms with Crippen LogP contribution in [0.25, 0.3) is 0 Å². The van der Waals surface area contributed by atoms with Gasteiger partial charge in [-0.2, -0.15) is 13.2 Å². The van der Waals surface area contributed by atoms with E-state index < -0.39 is 43.0 Å². The van der Waals surface area contributed by atoms with E-state index in [9.17, 15) is 32.7 Å². The summed E-state index contributed by atoms with van der Waals surface area (Å²) in [6, 6.07) is 13.6. The number of nitrogens with one attached hydrogen (secondary N) is 1. The van der Waals surface area contributed by atoms with E-state index in [-0.39, 0.29) is 49.6 Å². The maximum Gasteiger partial charge on any atom is 0.389 e. The first-order valence-corrected chi connectivity index (χ1v) is 15.8. The zero-order valence-electron chi connectivity index (χ0n) is 27.0. The third-order valence-electron chi connectivity index (χ3n) is 8.04. The Morgan fingerprint density at radius 1 is 1.13 bits per heavy atom. The van der Waals surface area contributed by atoms with Gasteiger partial charge >= 0.3 is 6.18 Å². The van der Waals surface area contributed by atoms with Gasteiger partial charge in [-0.3, -0.25) is 14.4 Å². The van der Waals surface area contributed by atoms with Crippen molar-refractivity contribution in [2.75, 3.05) is 38.7 Å². The van der Waals surface area contributed by atoms with E-state index in [1.165, 1.54) is 16.8 Å². The predicted molar refractivity (Wildman–Crippen MR) is 169 cm³/mol.